The zero-order valence-corrected chi connectivity index (χ0v) is 9.66. The van der Waals surface area contributed by atoms with Gasteiger partial charge >= 0.3 is 0 Å². The first kappa shape index (κ1) is 10.8. The molecule has 0 saturated carbocycles. The fourth-order valence-corrected chi connectivity index (χ4v) is 2.32. The highest BCUT2D eigenvalue weighted by molar-refractivity contribution is 7.08. The number of hydrogen-bond donors (Lipinski definition) is 0. The van der Waals surface area contributed by atoms with Crippen molar-refractivity contribution < 1.29 is 4.92 Å². The summed E-state index contributed by atoms with van der Waals surface area (Å²) < 4.78 is 0. The standard InChI is InChI=1S/C12H11NO2S/c1-2-9-7-10(11-5-6-16-8-11)3-4-12(9)13(14)15/h3-8H,2H2,1H3. The van der Waals surface area contributed by atoms with E-state index in [1.165, 1.54) is 0 Å². The smallest absolute Gasteiger partial charge is 0.258 e. The summed E-state index contributed by atoms with van der Waals surface area (Å²) in [7, 11) is 0. The van der Waals surface area contributed by atoms with Crippen molar-refractivity contribution in [3.63, 3.8) is 0 Å². The Balaban J connectivity index is 2.49. The van der Waals surface area contributed by atoms with E-state index >= 15 is 0 Å². The molecule has 0 spiro atoms. The number of nitrogens with zero attached hydrogens (tertiary/aromatic N) is 1. The zero-order chi connectivity index (χ0) is 11.5. The van der Waals surface area contributed by atoms with Gasteiger partial charge in [-0.05, 0) is 46.5 Å². The Morgan fingerprint density at radius 3 is 2.69 bits per heavy atom. The maximum atomic E-state index is 10.8. The summed E-state index contributed by atoms with van der Waals surface area (Å²) in [5.74, 6) is 0. The van der Waals surface area contributed by atoms with E-state index in [9.17, 15) is 10.1 Å². The molecule has 2 aromatic rings. The molecule has 82 valence electrons. The molecule has 0 atom stereocenters. The predicted octanol–water partition coefficient (Wildman–Crippen LogP) is 3.89. The minimum absolute atomic E-state index is 0.210. The summed E-state index contributed by atoms with van der Waals surface area (Å²) in [6, 6.07) is 7.32. The SMILES string of the molecule is CCc1cc(-c2ccsc2)ccc1[N+](=O)[O-]. The maximum Gasteiger partial charge on any atom is 0.272 e. The topological polar surface area (TPSA) is 43.1 Å². The van der Waals surface area contributed by atoms with Gasteiger partial charge in [0.1, 0.15) is 0 Å². The summed E-state index contributed by atoms with van der Waals surface area (Å²) >= 11 is 1.62. The number of nitro benzene ring substituents is 1. The molecule has 0 amide bonds. The second-order valence-corrected chi connectivity index (χ2v) is 4.25. The van der Waals surface area contributed by atoms with Crippen LogP contribution >= 0.6 is 11.3 Å². The molecular formula is C12H11NO2S. The lowest BCUT2D eigenvalue weighted by Gasteiger charge is -2.03. The van der Waals surface area contributed by atoms with Crippen molar-refractivity contribution in [3.05, 3.63) is 50.7 Å². The van der Waals surface area contributed by atoms with Crippen molar-refractivity contribution >= 4 is 17.0 Å². The number of benzene rings is 1. The Bertz CT molecular complexity index is 506. The molecule has 2 rings (SSSR count). The third-order valence-electron chi connectivity index (χ3n) is 2.51. The lowest BCUT2D eigenvalue weighted by Crippen LogP contribution is -1.94. The summed E-state index contributed by atoms with van der Waals surface area (Å²) in [6.45, 7) is 1.93. The average Bonchev–Trinajstić information content (AvgIpc) is 2.81. The van der Waals surface area contributed by atoms with Crippen LogP contribution in [0.25, 0.3) is 11.1 Å². The third-order valence-corrected chi connectivity index (χ3v) is 3.19. The van der Waals surface area contributed by atoms with Crippen molar-refractivity contribution in [2.24, 2.45) is 0 Å². The van der Waals surface area contributed by atoms with Crippen LogP contribution in [0.2, 0.25) is 0 Å². The second kappa shape index (κ2) is 4.45. The molecule has 0 aliphatic heterocycles. The van der Waals surface area contributed by atoms with E-state index in [2.05, 4.69) is 0 Å². The highest BCUT2D eigenvalue weighted by Gasteiger charge is 2.12. The molecule has 0 bridgehead atoms. The van der Waals surface area contributed by atoms with Crippen LogP contribution in [0.5, 0.6) is 0 Å². The van der Waals surface area contributed by atoms with Crippen LogP contribution in [-0.4, -0.2) is 4.92 Å². The van der Waals surface area contributed by atoms with Gasteiger partial charge in [0.05, 0.1) is 4.92 Å². The van der Waals surface area contributed by atoms with Gasteiger partial charge < -0.3 is 0 Å². The Labute approximate surface area is 97.5 Å². The lowest BCUT2D eigenvalue weighted by molar-refractivity contribution is -0.385. The highest BCUT2D eigenvalue weighted by Crippen LogP contribution is 2.28. The van der Waals surface area contributed by atoms with Crippen molar-refractivity contribution in [3.8, 4) is 11.1 Å². The molecule has 0 fully saturated rings. The van der Waals surface area contributed by atoms with E-state index in [4.69, 9.17) is 0 Å². The van der Waals surface area contributed by atoms with E-state index in [1.54, 1.807) is 23.5 Å². The van der Waals surface area contributed by atoms with E-state index in [-0.39, 0.29) is 10.6 Å². The van der Waals surface area contributed by atoms with Gasteiger partial charge in [-0.15, -0.1) is 0 Å². The minimum Gasteiger partial charge on any atom is -0.258 e. The summed E-state index contributed by atoms with van der Waals surface area (Å²) in [6.07, 6.45) is 0.675. The molecule has 4 heteroatoms. The number of nitro groups is 1. The predicted molar refractivity (Wildman–Crippen MR) is 65.8 cm³/mol. The first-order chi connectivity index (χ1) is 7.72. The molecule has 0 saturated heterocycles. The van der Waals surface area contributed by atoms with E-state index in [1.807, 2.05) is 29.8 Å². The normalized spacial score (nSPS) is 10.3. The molecule has 0 unspecified atom stereocenters. The first-order valence-electron chi connectivity index (χ1n) is 5.02. The quantitative estimate of drug-likeness (QED) is 0.596. The molecule has 0 aliphatic carbocycles. The van der Waals surface area contributed by atoms with Crippen molar-refractivity contribution in [1.82, 2.24) is 0 Å². The van der Waals surface area contributed by atoms with Gasteiger partial charge in [-0.2, -0.15) is 11.3 Å². The molecule has 1 aromatic carbocycles. The average molecular weight is 233 g/mol. The minimum atomic E-state index is -0.323. The van der Waals surface area contributed by atoms with Gasteiger partial charge in [0, 0.05) is 11.6 Å². The van der Waals surface area contributed by atoms with Crippen LogP contribution < -0.4 is 0 Å². The first-order valence-corrected chi connectivity index (χ1v) is 5.96. The summed E-state index contributed by atoms with van der Waals surface area (Å²) in [5, 5.41) is 14.8. The number of hydrogen-bond acceptors (Lipinski definition) is 3. The molecule has 3 nitrogen and oxygen atoms in total. The van der Waals surface area contributed by atoms with E-state index < -0.39 is 0 Å². The molecule has 0 aliphatic rings. The Hall–Kier alpha value is -1.68. The molecule has 16 heavy (non-hydrogen) atoms. The molecule has 0 N–H and O–H groups in total. The van der Waals surface area contributed by atoms with Crippen LogP contribution in [0, 0.1) is 10.1 Å². The van der Waals surface area contributed by atoms with Crippen LogP contribution in [0.15, 0.2) is 35.0 Å². The molecule has 1 aromatic heterocycles. The van der Waals surface area contributed by atoms with Crippen LogP contribution in [-0.2, 0) is 6.42 Å². The lowest BCUT2D eigenvalue weighted by atomic mass is 10.0. The maximum absolute atomic E-state index is 10.8. The number of thiophene rings is 1. The molecule has 0 radical (unpaired) electrons. The molecule has 1 heterocycles. The van der Waals surface area contributed by atoms with Gasteiger partial charge in [0.25, 0.3) is 5.69 Å². The Morgan fingerprint density at radius 2 is 2.12 bits per heavy atom. The highest BCUT2D eigenvalue weighted by atomic mass is 32.1. The largest absolute Gasteiger partial charge is 0.272 e. The van der Waals surface area contributed by atoms with Crippen LogP contribution in [0.4, 0.5) is 5.69 Å². The van der Waals surface area contributed by atoms with Crippen molar-refractivity contribution in [1.29, 1.82) is 0 Å². The third kappa shape index (κ3) is 1.97. The Morgan fingerprint density at radius 1 is 1.31 bits per heavy atom. The molecular weight excluding hydrogens is 222 g/mol. The van der Waals surface area contributed by atoms with E-state index in [0.29, 0.717) is 6.42 Å². The van der Waals surface area contributed by atoms with Gasteiger partial charge in [-0.1, -0.05) is 6.92 Å². The summed E-state index contributed by atoms with van der Waals surface area (Å²) in [4.78, 5) is 10.5. The van der Waals surface area contributed by atoms with Gasteiger partial charge in [0.2, 0.25) is 0 Å². The fourth-order valence-electron chi connectivity index (χ4n) is 1.66. The van der Waals surface area contributed by atoms with Crippen LogP contribution in [0.3, 0.4) is 0 Å². The van der Waals surface area contributed by atoms with E-state index in [0.717, 1.165) is 16.7 Å². The van der Waals surface area contributed by atoms with Crippen molar-refractivity contribution in [2.45, 2.75) is 13.3 Å². The number of rotatable bonds is 3. The number of aryl methyl sites for hydroxylation is 1. The van der Waals surface area contributed by atoms with Crippen molar-refractivity contribution in [2.75, 3.05) is 0 Å². The van der Waals surface area contributed by atoms with Gasteiger partial charge in [-0.25, -0.2) is 0 Å². The Kier molecular flexibility index (Phi) is 3.01. The fraction of sp³-hybridized carbons (Fsp3) is 0.167. The van der Waals surface area contributed by atoms with Crippen LogP contribution in [0.1, 0.15) is 12.5 Å². The second-order valence-electron chi connectivity index (χ2n) is 3.47. The van der Waals surface area contributed by atoms with Gasteiger partial charge in [-0.3, -0.25) is 10.1 Å². The zero-order valence-electron chi connectivity index (χ0n) is 8.84. The monoisotopic (exact) mass is 233 g/mol. The van der Waals surface area contributed by atoms with Gasteiger partial charge in [0.15, 0.2) is 0 Å². The summed E-state index contributed by atoms with van der Waals surface area (Å²) in [5.41, 5.74) is 3.16.